The molecule has 2 aromatic rings. The SMILES string of the molecule is Cc1nc(-c2ccc(C(F)(F)F)cc2)[nH]c(=O)c1C(C)C. The second-order valence-corrected chi connectivity index (χ2v) is 5.14. The first-order chi connectivity index (χ1) is 9.70. The lowest BCUT2D eigenvalue weighted by Crippen LogP contribution is -2.18. The molecule has 0 spiro atoms. The van der Waals surface area contributed by atoms with E-state index in [4.69, 9.17) is 0 Å². The molecule has 0 fully saturated rings. The summed E-state index contributed by atoms with van der Waals surface area (Å²) in [6.07, 6.45) is -4.38. The first-order valence-corrected chi connectivity index (χ1v) is 6.48. The maximum atomic E-state index is 12.5. The topological polar surface area (TPSA) is 45.8 Å². The molecule has 0 saturated carbocycles. The predicted octanol–water partition coefficient (Wildman–Crippen LogP) is 3.89. The molecule has 21 heavy (non-hydrogen) atoms. The number of H-pyrrole nitrogens is 1. The van der Waals surface area contributed by atoms with Crippen molar-refractivity contribution in [1.29, 1.82) is 0 Å². The molecule has 0 aliphatic carbocycles. The number of hydrogen-bond acceptors (Lipinski definition) is 2. The van der Waals surface area contributed by atoms with Crippen LogP contribution in [0.3, 0.4) is 0 Å². The highest BCUT2D eigenvalue weighted by atomic mass is 19.4. The number of hydrogen-bond donors (Lipinski definition) is 1. The number of nitrogens with one attached hydrogen (secondary N) is 1. The van der Waals surface area contributed by atoms with Crippen LogP contribution in [0.25, 0.3) is 11.4 Å². The van der Waals surface area contributed by atoms with E-state index in [9.17, 15) is 18.0 Å². The third-order valence-electron chi connectivity index (χ3n) is 3.21. The molecular formula is C15H15F3N2O. The lowest BCUT2D eigenvalue weighted by Gasteiger charge is -2.11. The van der Waals surface area contributed by atoms with Crippen LogP contribution in [0.2, 0.25) is 0 Å². The van der Waals surface area contributed by atoms with Crippen molar-refractivity contribution >= 4 is 0 Å². The molecular weight excluding hydrogens is 281 g/mol. The summed E-state index contributed by atoms with van der Waals surface area (Å²) in [4.78, 5) is 18.9. The van der Waals surface area contributed by atoms with Crippen LogP contribution < -0.4 is 5.56 Å². The summed E-state index contributed by atoms with van der Waals surface area (Å²) in [6, 6.07) is 4.55. The third kappa shape index (κ3) is 3.15. The molecule has 0 aliphatic rings. The second-order valence-electron chi connectivity index (χ2n) is 5.14. The molecule has 1 heterocycles. The number of alkyl halides is 3. The molecule has 1 aromatic carbocycles. The fraction of sp³-hybridized carbons (Fsp3) is 0.333. The van der Waals surface area contributed by atoms with E-state index in [-0.39, 0.29) is 17.3 Å². The van der Waals surface area contributed by atoms with E-state index >= 15 is 0 Å². The zero-order valence-corrected chi connectivity index (χ0v) is 11.9. The fourth-order valence-corrected chi connectivity index (χ4v) is 2.23. The van der Waals surface area contributed by atoms with Crippen molar-refractivity contribution in [1.82, 2.24) is 9.97 Å². The monoisotopic (exact) mass is 296 g/mol. The van der Waals surface area contributed by atoms with Gasteiger partial charge in [0.05, 0.1) is 5.56 Å². The Morgan fingerprint density at radius 2 is 1.71 bits per heavy atom. The fourth-order valence-electron chi connectivity index (χ4n) is 2.23. The Balaban J connectivity index is 2.46. The van der Waals surface area contributed by atoms with Gasteiger partial charge >= 0.3 is 6.18 Å². The second kappa shape index (κ2) is 5.35. The highest BCUT2D eigenvalue weighted by Gasteiger charge is 2.30. The molecule has 3 nitrogen and oxygen atoms in total. The van der Waals surface area contributed by atoms with E-state index in [1.54, 1.807) is 6.92 Å². The summed E-state index contributed by atoms with van der Waals surface area (Å²) in [7, 11) is 0. The predicted molar refractivity (Wildman–Crippen MR) is 74.1 cm³/mol. The largest absolute Gasteiger partial charge is 0.416 e. The van der Waals surface area contributed by atoms with Crippen LogP contribution in [0, 0.1) is 6.92 Å². The van der Waals surface area contributed by atoms with Crippen LogP contribution in [0.4, 0.5) is 13.2 Å². The van der Waals surface area contributed by atoms with Gasteiger partial charge in [0.2, 0.25) is 0 Å². The van der Waals surface area contributed by atoms with Crippen LogP contribution in [-0.4, -0.2) is 9.97 Å². The van der Waals surface area contributed by atoms with Gasteiger partial charge in [0, 0.05) is 16.8 Å². The van der Waals surface area contributed by atoms with Gasteiger partial charge in [-0.15, -0.1) is 0 Å². The summed E-state index contributed by atoms with van der Waals surface area (Å²) in [6.45, 7) is 5.49. The van der Waals surface area contributed by atoms with E-state index in [0.29, 0.717) is 16.8 Å². The van der Waals surface area contributed by atoms with Crippen LogP contribution >= 0.6 is 0 Å². The number of aromatic amines is 1. The van der Waals surface area contributed by atoms with Crippen LogP contribution in [-0.2, 0) is 6.18 Å². The van der Waals surface area contributed by atoms with E-state index < -0.39 is 11.7 Å². The minimum absolute atomic E-state index is 0.0305. The van der Waals surface area contributed by atoms with E-state index in [2.05, 4.69) is 9.97 Å². The Morgan fingerprint density at radius 1 is 1.14 bits per heavy atom. The van der Waals surface area contributed by atoms with Gasteiger partial charge < -0.3 is 4.98 Å². The molecule has 0 amide bonds. The zero-order chi connectivity index (χ0) is 15.8. The molecule has 0 unspecified atom stereocenters. The van der Waals surface area contributed by atoms with Crippen molar-refractivity contribution in [3.63, 3.8) is 0 Å². The number of nitrogens with zero attached hydrogens (tertiary/aromatic N) is 1. The van der Waals surface area contributed by atoms with Gasteiger partial charge in [-0.2, -0.15) is 13.2 Å². The van der Waals surface area contributed by atoms with Gasteiger partial charge in [-0.3, -0.25) is 4.79 Å². The summed E-state index contributed by atoms with van der Waals surface area (Å²) >= 11 is 0. The van der Waals surface area contributed by atoms with Gasteiger partial charge in [-0.25, -0.2) is 4.98 Å². The molecule has 1 aromatic heterocycles. The van der Waals surface area contributed by atoms with Crippen LogP contribution in [0.1, 0.15) is 36.6 Å². The lowest BCUT2D eigenvalue weighted by molar-refractivity contribution is -0.137. The molecule has 0 bridgehead atoms. The highest BCUT2D eigenvalue weighted by molar-refractivity contribution is 5.56. The number of aryl methyl sites for hydroxylation is 1. The molecule has 0 atom stereocenters. The normalized spacial score (nSPS) is 12.0. The molecule has 112 valence electrons. The Hall–Kier alpha value is -2.11. The smallest absolute Gasteiger partial charge is 0.306 e. The maximum Gasteiger partial charge on any atom is 0.416 e. The molecule has 0 saturated heterocycles. The van der Waals surface area contributed by atoms with E-state index in [1.165, 1.54) is 12.1 Å². The minimum Gasteiger partial charge on any atom is -0.306 e. The van der Waals surface area contributed by atoms with Gasteiger partial charge in [0.1, 0.15) is 5.82 Å². The van der Waals surface area contributed by atoms with Crippen LogP contribution in [0.5, 0.6) is 0 Å². The summed E-state index contributed by atoms with van der Waals surface area (Å²) in [5.74, 6) is 0.304. The molecule has 2 rings (SSSR count). The summed E-state index contributed by atoms with van der Waals surface area (Å²) < 4.78 is 37.6. The van der Waals surface area contributed by atoms with Gasteiger partial charge in [0.15, 0.2) is 0 Å². The Labute approximate surface area is 119 Å². The molecule has 1 N–H and O–H groups in total. The minimum atomic E-state index is -4.38. The maximum absolute atomic E-state index is 12.5. The van der Waals surface area contributed by atoms with Crippen molar-refractivity contribution < 1.29 is 13.2 Å². The Morgan fingerprint density at radius 3 is 2.14 bits per heavy atom. The van der Waals surface area contributed by atoms with Gasteiger partial charge in [-0.05, 0) is 25.0 Å². The number of aromatic nitrogens is 2. The molecule has 0 radical (unpaired) electrons. The standard InChI is InChI=1S/C15H15F3N2O/c1-8(2)12-9(3)19-13(20-14(12)21)10-4-6-11(7-5-10)15(16,17)18/h4-8H,1-3H3,(H,19,20,21). The van der Waals surface area contributed by atoms with Gasteiger partial charge in [0.25, 0.3) is 5.56 Å². The first kappa shape index (κ1) is 15.3. The Kier molecular flexibility index (Phi) is 3.89. The van der Waals surface area contributed by atoms with Crippen molar-refractivity contribution in [2.24, 2.45) is 0 Å². The van der Waals surface area contributed by atoms with Crippen molar-refractivity contribution in [2.75, 3.05) is 0 Å². The zero-order valence-electron chi connectivity index (χ0n) is 11.9. The summed E-state index contributed by atoms with van der Waals surface area (Å²) in [5.41, 5.74) is 0.629. The quantitative estimate of drug-likeness (QED) is 0.914. The van der Waals surface area contributed by atoms with E-state index in [1.807, 2.05) is 13.8 Å². The van der Waals surface area contributed by atoms with E-state index in [0.717, 1.165) is 12.1 Å². The van der Waals surface area contributed by atoms with Crippen molar-refractivity contribution in [2.45, 2.75) is 32.9 Å². The highest BCUT2D eigenvalue weighted by Crippen LogP contribution is 2.30. The lowest BCUT2D eigenvalue weighted by atomic mass is 10.0. The first-order valence-electron chi connectivity index (χ1n) is 6.48. The Bertz CT molecular complexity index is 700. The number of benzene rings is 1. The van der Waals surface area contributed by atoms with Gasteiger partial charge in [-0.1, -0.05) is 26.0 Å². The average Bonchev–Trinajstić information content (AvgIpc) is 2.36. The van der Waals surface area contributed by atoms with Crippen LogP contribution in [0.15, 0.2) is 29.1 Å². The van der Waals surface area contributed by atoms with Crippen molar-refractivity contribution in [3.05, 3.63) is 51.4 Å². The molecule has 6 heteroatoms. The number of halogens is 3. The summed E-state index contributed by atoms with van der Waals surface area (Å²) in [5, 5.41) is 0. The average molecular weight is 296 g/mol. The third-order valence-corrected chi connectivity index (χ3v) is 3.21. The van der Waals surface area contributed by atoms with Crippen molar-refractivity contribution in [3.8, 4) is 11.4 Å². The molecule has 0 aliphatic heterocycles. The number of rotatable bonds is 2.